The molecule has 0 spiro atoms. The third-order valence-electron chi connectivity index (χ3n) is 5.45. The molecule has 214 valence electrons. The van der Waals surface area contributed by atoms with Crippen LogP contribution in [0.2, 0.25) is 0 Å². The zero-order chi connectivity index (χ0) is 29.5. The smallest absolute Gasteiger partial charge is 0.508 e. The Labute approximate surface area is 235 Å². The largest absolute Gasteiger partial charge is 0.516 e. The highest BCUT2D eigenvalue weighted by Crippen LogP contribution is 2.12. The van der Waals surface area contributed by atoms with Crippen molar-refractivity contribution in [1.29, 1.82) is 0 Å². The molecule has 0 radical (unpaired) electrons. The molecule has 3 aromatic carbocycles. The van der Waals surface area contributed by atoms with Gasteiger partial charge in [0.25, 0.3) is 0 Å². The molecule has 4 N–H and O–H groups in total. The SMILES string of the molecule is O=C(CNC(=O)[C@H](Cc1ccc(O)cc1)NC(=O)OCc1ccccc1)NCC(=O)OC(=O)OCc1ccccc1. The van der Waals surface area contributed by atoms with Crippen LogP contribution in [0.3, 0.4) is 0 Å². The van der Waals surface area contributed by atoms with Crippen LogP contribution in [0.4, 0.5) is 9.59 Å². The topological polar surface area (TPSA) is 169 Å². The van der Waals surface area contributed by atoms with Crippen LogP contribution in [0.5, 0.6) is 5.75 Å². The van der Waals surface area contributed by atoms with Gasteiger partial charge in [0.15, 0.2) is 0 Å². The zero-order valence-electron chi connectivity index (χ0n) is 21.9. The third-order valence-corrected chi connectivity index (χ3v) is 5.45. The Bertz CT molecular complexity index is 1320. The number of carbonyl (C=O) groups is 5. The van der Waals surface area contributed by atoms with Crippen molar-refractivity contribution in [2.75, 3.05) is 13.1 Å². The predicted octanol–water partition coefficient (Wildman–Crippen LogP) is 2.34. The van der Waals surface area contributed by atoms with E-state index in [1.807, 2.05) is 6.07 Å². The molecule has 12 nitrogen and oxygen atoms in total. The maximum Gasteiger partial charge on any atom is 0.516 e. The first kappa shape index (κ1) is 30.2. The fourth-order valence-electron chi connectivity index (χ4n) is 3.38. The summed E-state index contributed by atoms with van der Waals surface area (Å²) in [5, 5.41) is 16.6. The van der Waals surface area contributed by atoms with E-state index in [9.17, 15) is 29.1 Å². The number of hydrogen-bond donors (Lipinski definition) is 4. The van der Waals surface area contributed by atoms with Gasteiger partial charge in [-0.15, -0.1) is 0 Å². The van der Waals surface area contributed by atoms with Gasteiger partial charge < -0.3 is 35.3 Å². The van der Waals surface area contributed by atoms with Gasteiger partial charge in [0.05, 0.1) is 6.54 Å². The number of rotatable bonds is 12. The van der Waals surface area contributed by atoms with Crippen LogP contribution in [0.1, 0.15) is 16.7 Å². The minimum atomic E-state index is -1.22. The molecule has 0 saturated heterocycles. The van der Waals surface area contributed by atoms with Crippen LogP contribution >= 0.6 is 0 Å². The van der Waals surface area contributed by atoms with Gasteiger partial charge in [-0.25, -0.2) is 14.4 Å². The van der Waals surface area contributed by atoms with Crippen molar-refractivity contribution in [3.05, 3.63) is 102 Å². The number of phenols is 1. The second-order valence-corrected chi connectivity index (χ2v) is 8.62. The molecular weight excluding hydrogens is 534 g/mol. The number of esters is 1. The van der Waals surface area contributed by atoms with Crippen molar-refractivity contribution < 1.29 is 43.3 Å². The maximum atomic E-state index is 12.8. The number of carbonyl (C=O) groups excluding carboxylic acids is 5. The molecule has 0 aromatic heterocycles. The fourth-order valence-corrected chi connectivity index (χ4v) is 3.38. The molecule has 1 atom stereocenters. The first-order chi connectivity index (χ1) is 19.8. The van der Waals surface area contributed by atoms with E-state index in [4.69, 9.17) is 9.47 Å². The highest BCUT2D eigenvalue weighted by Gasteiger charge is 2.23. The molecule has 3 amide bonds. The molecule has 12 heteroatoms. The lowest BCUT2D eigenvalue weighted by Gasteiger charge is -2.18. The molecule has 0 bridgehead atoms. The van der Waals surface area contributed by atoms with Gasteiger partial charge in [-0.3, -0.25) is 9.59 Å². The Morgan fingerprint density at radius 1 is 0.683 bits per heavy atom. The standard InChI is InChI=1S/C29H29N3O9/c33-23-13-11-20(12-14-23)15-24(32-28(37)39-18-21-7-3-1-4-8-21)27(36)31-16-25(34)30-17-26(35)41-29(38)40-19-22-9-5-2-6-10-22/h1-14,24,33H,15-19H2,(H,30,34)(H,31,36)(H,32,37)/t24-/m0/s1. The second kappa shape index (κ2) is 15.9. The number of amides is 3. The molecule has 3 rings (SSSR count). The average molecular weight is 564 g/mol. The Kier molecular flexibility index (Phi) is 11.7. The molecule has 0 saturated carbocycles. The molecule has 0 aliphatic rings. The Hall–Kier alpha value is -5.39. The summed E-state index contributed by atoms with van der Waals surface area (Å²) in [5.74, 6) is -2.47. The van der Waals surface area contributed by atoms with E-state index in [-0.39, 0.29) is 25.4 Å². The quantitative estimate of drug-likeness (QED) is 0.191. The van der Waals surface area contributed by atoms with E-state index in [2.05, 4.69) is 20.7 Å². The third kappa shape index (κ3) is 11.5. The average Bonchev–Trinajstić information content (AvgIpc) is 2.98. The summed E-state index contributed by atoms with van der Waals surface area (Å²) in [6.07, 6.45) is -2.03. The molecular formula is C29H29N3O9. The lowest BCUT2D eigenvalue weighted by atomic mass is 10.1. The number of alkyl carbamates (subject to hydrolysis) is 1. The number of hydrogen-bond acceptors (Lipinski definition) is 9. The Morgan fingerprint density at radius 3 is 1.88 bits per heavy atom. The van der Waals surface area contributed by atoms with Gasteiger partial charge in [0.1, 0.15) is 31.5 Å². The number of aromatic hydroxyl groups is 1. The van der Waals surface area contributed by atoms with Gasteiger partial charge in [-0.2, -0.15) is 0 Å². The molecule has 0 aliphatic carbocycles. The summed E-state index contributed by atoms with van der Waals surface area (Å²) >= 11 is 0. The van der Waals surface area contributed by atoms with Crippen LogP contribution < -0.4 is 16.0 Å². The number of phenolic OH excluding ortho intramolecular Hbond substituents is 1. The monoisotopic (exact) mass is 563 g/mol. The predicted molar refractivity (Wildman–Crippen MR) is 144 cm³/mol. The summed E-state index contributed by atoms with van der Waals surface area (Å²) in [4.78, 5) is 60.9. The number of nitrogens with one attached hydrogen (secondary N) is 3. The van der Waals surface area contributed by atoms with Crippen molar-refractivity contribution in [2.45, 2.75) is 25.7 Å². The summed E-state index contributed by atoms with van der Waals surface area (Å²) in [6, 6.07) is 22.6. The molecule has 41 heavy (non-hydrogen) atoms. The van der Waals surface area contributed by atoms with E-state index in [1.165, 1.54) is 12.1 Å². The molecule has 0 unspecified atom stereocenters. The van der Waals surface area contributed by atoms with E-state index in [0.717, 1.165) is 5.56 Å². The molecule has 0 aliphatic heterocycles. The molecule has 0 heterocycles. The first-order valence-corrected chi connectivity index (χ1v) is 12.5. The van der Waals surface area contributed by atoms with Gasteiger partial charge >= 0.3 is 18.2 Å². The normalized spacial score (nSPS) is 10.9. The summed E-state index contributed by atoms with van der Waals surface area (Å²) in [5.41, 5.74) is 2.07. The fraction of sp³-hybridized carbons (Fsp3) is 0.207. The Balaban J connectivity index is 1.44. The van der Waals surface area contributed by atoms with E-state index < -0.39 is 49.2 Å². The minimum absolute atomic E-state index is 0.0154. The second-order valence-electron chi connectivity index (χ2n) is 8.62. The van der Waals surface area contributed by atoms with Gasteiger partial charge in [-0.1, -0.05) is 72.8 Å². The van der Waals surface area contributed by atoms with Crippen molar-refractivity contribution in [3.63, 3.8) is 0 Å². The maximum absolute atomic E-state index is 12.8. The van der Waals surface area contributed by atoms with Crippen LogP contribution in [-0.2, 0) is 48.2 Å². The lowest BCUT2D eigenvalue weighted by molar-refractivity contribution is -0.140. The van der Waals surface area contributed by atoms with Gasteiger partial charge in [0.2, 0.25) is 11.8 Å². The summed E-state index contributed by atoms with van der Waals surface area (Å²) in [6.45, 7) is -1.28. The van der Waals surface area contributed by atoms with Crippen molar-refractivity contribution >= 4 is 30.0 Å². The van der Waals surface area contributed by atoms with Crippen LogP contribution in [0, 0.1) is 0 Å². The molecule has 3 aromatic rings. The van der Waals surface area contributed by atoms with E-state index in [0.29, 0.717) is 11.1 Å². The van der Waals surface area contributed by atoms with E-state index in [1.54, 1.807) is 66.7 Å². The highest BCUT2D eigenvalue weighted by molar-refractivity contribution is 5.91. The number of benzene rings is 3. The van der Waals surface area contributed by atoms with Gasteiger partial charge in [-0.05, 0) is 28.8 Å². The van der Waals surface area contributed by atoms with Gasteiger partial charge in [0, 0.05) is 6.42 Å². The molecule has 0 fully saturated rings. The van der Waals surface area contributed by atoms with Crippen LogP contribution in [0.15, 0.2) is 84.9 Å². The van der Waals surface area contributed by atoms with Crippen molar-refractivity contribution in [2.24, 2.45) is 0 Å². The summed E-state index contributed by atoms with van der Waals surface area (Å²) in [7, 11) is 0. The van der Waals surface area contributed by atoms with Crippen LogP contribution in [-0.4, -0.2) is 54.3 Å². The van der Waals surface area contributed by atoms with E-state index >= 15 is 0 Å². The van der Waals surface area contributed by atoms with Crippen molar-refractivity contribution in [1.82, 2.24) is 16.0 Å². The minimum Gasteiger partial charge on any atom is -0.508 e. The summed E-state index contributed by atoms with van der Waals surface area (Å²) < 4.78 is 14.5. The lowest BCUT2D eigenvalue weighted by Crippen LogP contribution is -2.50. The zero-order valence-corrected chi connectivity index (χ0v) is 21.9. The first-order valence-electron chi connectivity index (χ1n) is 12.5. The van der Waals surface area contributed by atoms with Crippen molar-refractivity contribution in [3.8, 4) is 5.75 Å². The Morgan fingerprint density at radius 2 is 1.27 bits per heavy atom. The number of ether oxygens (including phenoxy) is 3. The van der Waals surface area contributed by atoms with Crippen LogP contribution in [0.25, 0.3) is 0 Å². The highest BCUT2D eigenvalue weighted by atomic mass is 16.7.